The third-order valence-electron chi connectivity index (χ3n) is 3.64. The Labute approximate surface area is 127 Å². The second-order valence-electron chi connectivity index (χ2n) is 5.29. The van der Waals surface area contributed by atoms with Crippen molar-refractivity contribution in [3.8, 4) is 6.07 Å². The Morgan fingerprint density at radius 3 is 3.00 bits per heavy atom. The Balaban J connectivity index is 1.96. The van der Waals surface area contributed by atoms with E-state index < -0.39 is 0 Å². The monoisotopic (exact) mass is 300 g/mol. The van der Waals surface area contributed by atoms with Gasteiger partial charge in [0.1, 0.15) is 9.71 Å². The van der Waals surface area contributed by atoms with Crippen LogP contribution < -0.4 is 5.73 Å². The maximum Gasteiger partial charge on any atom is 0.266 e. The lowest BCUT2D eigenvalue weighted by molar-refractivity contribution is 0.0753. The van der Waals surface area contributed by atoms with Crippen molar-refractivity contribution in [2.75, 3.05) is 12.3 Å². The first-order valence-corrected chi connectivity index (χ1v) is 7.77. The summed E-state index contributed by atoms with van der Waals surface area (Å²) in [4.78, 5) is 20.3. The Bertz CT molecular complexity index is 742. The molecule has 5 nitrogen and oxygen atoms in total. The Morgan fingerprint density at radius 1 is 1.57 bits per heavy atom. The molecule has 0 atom stereocenters. The van der Waals surface area contributed by atoms with Crippen LogP contribution in [0.5, 0.6) is 0 Å². The van der Waals surface area contributed by atoms with Gasteiger partial charge < -0.3 is 10.6 Å². The minimum Gasteiger partial charge on any atom is -0.397 e. The number of hydrogen-bond donors (Lipinski definition) is 1. The Hall–Kier alpha value is -2.13. The topological polar surface area (TPSA) is 83.0 Å². The second kappa shape index (κ2) is 5.34. The number of nitrogen functional groups attached to an aromatic ring is 1. The van der Waals surface area contributed by atoms with E-state index >= 15 is 0 Å². The van der Waals surface area contributed by atoms with Gasteiger partial charge in [-0.15, -0.1) is 11.3 Å². The van der Waals surface area contributed by atoms with Gasteiger partial charge in [-0.1, -0.05) is 0 Å². The number of carbonyl (C=O) groups excluding carboxylic acids is 1. The number of amides is 1. The van der Waals surface area contributed by atoms with Crippen molar-refractivity contribution in [1.82, 2.24) is 9.88 Å². The number of fused-ring (bicyclic) bond motifs is 1. The van der Waals surface area contributed by atoms with Crippen molar-refractivity contribution in [3.05, 3.63) is 22.7 Å². The predicted molar refractivity (Wildman–Crippen MR) is 83.1 cm³/mol. The van der Waals surface area contributed by atoms with Crippen LogP contribution >= 0.6 is 11.3 Å². The molecule has 0 aromatic carbocycles. The quantitative estimate of drug-likeness (QED) is 0.941. The number of aryl methyl sites for hydroxylation is 1. The maximum atomic E-state index is 12.7. The third-order valence-corrected chi connectivity index (χ3v) is 4.74. The largest absolute Gasteiger partial charge is 0.397 e. The van der Waals surface area contributed by atoms with E-state index in [1.54, 1.807) is 4.90 Å². The second-order valence-corrected chi connectivity index (χ2v) is 6.29. The summed E-state index contributed by atoms with van der Waals surface area (Å²) in [5.41, 5.74) is 7.55. The van der Waals surface area contributed by atoms with Gasteiger partial charge in [0.05, 0.1) is 18.2 Å². The van der Waals surface area contributed by atoms with Crippen LogP contribution in [0.4, 0.5) is 5.69 Å². The van der Waals surface area contributed by atoms with Crippen molar-refractivity contribution in [2.24, 2.45) is 0 Å². The van der Waals surface area contributed by atoms with E-state index in [1.165, 1.54) is 11.3 Å². The Morgan fingerprint density at radius 2 is 2.33 bits per heavy atom. The first-order chi connectivity index (χ1) is 10.1. The first-order valence-electron chi connectivity index (χ1n) is 6.95. The fourth-order valence-electron chi connectivity index (χ4n) is 2.39. The lowest BCUT2D eigenvalue weighted by atomic mass is 10.2. The van der Waals surface area contributed by atoms with Crippen LogP contribution in [0.2, 0.25) is 0 Å². The normalized spacial score (nSPS) is 14.1. The number of carbonyl (C=O) groups is 1. The number of rotatable bonds is 4. The molecule has 6 heteroatoms. The highest BCUT2D eigenvalue weighted by molar-refractivity contribution is 7.21. The number of aromatic nitrogens is 1. The summed E-state index contributed by atoms with van der Waals surface area (Å²) in [5.74, 6) is -0.0640. The number of nitrogens with zero attached hydrogens (tertiary/aromatic N) is 3. The highest BCUT2D eigenvalue weighted by atomic mass is 32.1. The van der Waals surface area contributed by atoms with E-state index in [-0.39, 0.29) is 11.9 Å². The molecule has 108 valence electrons. The van der Waals surface area contributed by atoms with Crippen LogP contribution in [0.1, 0.15) is 34.6 Å². The Kier molecular flexibility index (Phi) is 3.52. The molecule has 1 amide bonds. The molecule has 2 aromatic heterocycles. The molecular formula is C15H16N4OS. The molecule has 1 aliphatic carbocycles. The molecule has 0 radical (unpaired) electrons. The summed E-state index contributed by atoms with van der Waals surface area (Å²) >= 11 is 1.34. The molecular weight excluding hydrogens is 284 g/mol. The number of pyridine rings is 1. The molecule has 0 unspecified atom stereocenters. The molecule has 0 saturated heterocycles. The lowest BCUT2D eigenvalue weighted by Crippen LogP contribution is -2.33. The molecule has 0 spiro atoms. The molecule has 0 bridgehead atoms. The van der Waals surface area contributed by atoms with Gasteiger partial charge in [-0.3, -0.25) is 4.79 Å². The van der Waals surface area contributed by atoms with Crippen molar-refractivity contribution < 1.29 is 4.79 Å². The summed E-state index contributed by atoms with van der Waals surface area (Å²) in [6.45, 7) is 2.39. The molecule has 0 aliphatic heterocycles. The zero-order valence-electron chi connectivity index (χ0n) is 11.8. The fourth-order valence-corrected chi connectivity index (χ4v) is 3.48. The van der Waals surface area contributed by atoms with E-state index in [4.69, 9.17) is 11.0 Å². The van der Waals surface area contributed by atoms with Crippen molar-refractivity contribution >= 4 is 33.1 Å². The summed E-state index contributed by atoms with van der Waals surface area (Å²) in [6.07, 6.45) is 2.38. The molecule has 1 aliphatic rings. The van der Waals surface area contributed by atoms with Crippen molar-refractivity contribution in [2.45, 2.75) is 32.2 Å². The molecule has 2 N–H and O–H groups in total. The van der Waals surface area contributed by atoms with Gasteiger partial charge in [0.2, 0.25) is 0 Å². The van der Waals surface area contributed by atoms with Crippen molar-refractivity contribution in [3.63, 3.8) is 0 Å². The summed E-state index contributed by atoms with van der Waals surface area (Å²) in [6, 6.07) is 6.18. The van der Waals surface area contributed by atoms with Crippen LogP contribution in [0.3, 0.4) is 0 Å². The number of nitrogens with two attached hydrogens (primary N) is 1. The molecule has 21 heavy (non-hydrogen) atoms. The molecule has 2 heterocycles. The SMILES string of the molecule is Cc1ccc2c(N)c(C(=O)N(CCC#N)C3CC3)sc2n1. The number of anilines is 1. The lowest BCUT2D eigenvalue weighted by Gasteiger charge is -2.20. The summed E-state index contributed by atoms with van der Waals surface area (Å²) in [5, 5.41) is 9.59. The van der Waals surface area contributed by atoms with Gasteiger partial charge in [-0.25, -0.2) is 4.98 Å². The van der Waals surface area contributed by atoms with E-state index in [9.17, 15) is 4.79 Å². The van der Waals surface area contributed by atoms with Crippen LogP contribution in [0.25, 0.3) is 10.2 Å². The number of nitriles is 1. The van der Waals surface area contributed by atoms with Crippen LogP contribution in [-0.4, -0.2) is 28.4 Å². The van der Waals surface area contributed by atoms with E-state index in [0.717, 1.165) is 28.8 Å². The van der Waals surface area contributed by atoms with Crippen LogP contribution in [-0.2, 0) is 0 Å². The zero-order valence-corrected chi connectivity index (χ0v) is 12.6. The van der Waals surface area contributed by atoms with Gasteiger partial charge in [0.25, 0.3) is 5.91 Å². The summed E-state index contributed by atoms with van der Waals surface area (Å²) < 4.78 is 0. The maximum absolute atomic E-state index is 12.7. The number of hydrogen-bond acceptors (Lipinski definition) is 5. The van der Waals surface area contributed by atoms with Gasteiger partial charge in [-0.2, -0.15) is 5.26 Å². The first kappa shape index (κ1) is 13.8. The molecule has 3 rings (SSSR count). The average Bonchev–Trinajstić information content (AvgIpc) is 3.24. The third kappa shape index (κ3) is 2.57. The molecule has 1 saturated carbocycles. The predicted octanol–water partition coefficient (Wildman–Crippen LogP) is 2.71. The van der Waals surface area contributed by atoms with Crippen LogP contribution in [0, 0.1) is 18.3 Å². The standard InChI is InChI=1S/C15H16N4OS/c1-9-3-6-11-12(17)13(21-14(11)18-9)15(20)19(8-2-7-16)10-4-5-10/h3,6,10H,2,4-5,8,17H2,1H3. The fraction of sp³-hybridized carbons (Fsp3) is 0.400. The van der Waals surface area contributed by atoms with Gasteiger partial charge in [0, 0.05) is 23.7 Å². The highest BCUT2D eigenvalue weighted by Gasteiger charge is 2.34. The highest BCUT2D eigenvalue weighted by Crippen LogP contribution is 2.36. The smallest absolute Gasteiger partial charge is 0.266 e. The van der Waals surface area contributed by atoms with Gasteiger partial charge >= 0.3 is 0 Å². The molecule has 2 aromatic rings. The number of thiophene rings is 1. The minimum absolute atomic E-state index is 0.0640. The summed E-state index contributed by atoms with van der Waals surface area (Å²) in [7, 11) is 0. The van der Waals surface area contributed by atoms with E-state index in [2.05, 4.69) is 11.1 Å². The van der Waals surface area contributed by atoms with Crippen molar-refractivity contribution in [1.29, 1.82) is 5.26 Å². The van der Waals surface area contributed by atoms with Crippen LogP contribution in [0.15, 0.2) is 12.1 Å². The molecule has 1 fully saturated rings. The van der Waals surface area contributed by atoms with Gasteiger partial charge in [0.15, 0.2) is 0 Å². The van der Waals surface area contributed by atoms with E-state index in [1.807, 2.05) is 19.1 Å². The minimum atomic E-state index is -0.0640. The van der Waals surface area contributed by atoms with Gasteiger partial charge in [-0.05, 0) is 31.9 Å². The average molecular weight is 300 g/mol. The van der Waals surface area contributed by atoms with E-state index in [0.29, 0.717) is 23.5 Å². The zero-order chi connectivity index (χ0) is 15.0.